The van der Waals surface area contributed by atoms with Gasteiger partial charge < -0.3 is 60.3 Å². The first kappa shape index (κ1) is 104. The molecular formula is C102H174N6O10. The van der Waals surface area contributed by atoms with Gasteiger partial charge in [0.05, 0.1) is 51.0 Å². The van der Waals surface area contributed by atoms with Gasteiger partial charge in [-0.15, -0.1) is 0 Å². The molecule has 0 aliphatic heterocycles. The van der Waals surface area contributed by atoms with E-state index < -0.39 is 12.1 Å². The molecule has 672 valence electrons. The first-order chi connectivity index (χ1) is 58.2. The second-order valence-corrected chi connectivity index (χ2v) is 33.8. The van der Waals surface area contributed by atoms with Gasteiger partial charge in [0.1, 0.15) is 0 Å². The predicted molar refractivity (Wildman–Crippen MR) is 500 cm³/mol. The van der Waals surface area contributed by atoms with Crippen molar-refractivity contribution in [2.75, 3.05) is 76.5 Å². The first-order valence-electron chi connectivity index (χ1n) is 49.5. The maximum absolute atomic E-state index is 14.2. The molecule has 0 aliphatic carbocycles. The number of carbonyl (C=O) groups excluding carboxylic acids is 4. The van der Waals surface area contributed by atoms with E-state index in [1.165, 1.54) is 308 Å². The van der Waals surface area contributed by atoms with E-state index in [1.807, 2.05) is 36.4 Å². The summed E-state index contributed by atoms with van der Waals surface area (Å²) in [4.78, 5) is 55.7. The molecule has 0 aliphatic rings. The van der Waals surface area contributed by atoms with Crippen molar-refractivity contribution in [2.45, 2.75) is 427 Å². The minimum absolute atomic E-state index is 0.157. The van der Waals surface area contributed by atoms with Crippen LogP contribution in [0.5, 0.6) is 34.5 Å². The molecule has 4 aromatic rings. The second kappa shape index (κ2) is 74.3. The zero-order valence-electron chi connectivity index (χ0n) is 76.4. The van der Waals surface area contributed by atoms with Gasteiger partial charge in [-0.25, -0.2) is 9.59 Å². The lowest BCUT2D eigenvalue weighted by atomic mass is 10.1. The van der Waals surface area contributed by atoms with Crippen LogP contribution < -0.4 is 60.3 Å². The smallest absolute Gasteiger partial charge is 0.319 e. The summed E-state index contributed by atoms with van der Waals surface area (Å²) < 4.78 is 39.6. The third-order valence-electron chi connectivity index (χ3n) is 22.9. The van der Waals surface area contributed by atoms with Crippen LogP contribution in [0.1, 0.15) is 448 Å². The molecule has 0 saturated heterocycles. The van der Waals surface area contributed by atoms with Gasteiger partial charge in [-0.2, -0.15) is 0 Å². The summed E-state index contributed by atoms with van der Waals surface area (Å²) in [6, 6.07) is 17.4. The highest BCUT2D eigenvalue weighted by atomic mass is 16.5. The summed E-state index contributed by atoms with van der Waals surface area (Å²) in [5.74, 6) is 2.66. The first-order valence-corrected chi connectivity index (χ1v) is 49.5. The van der Waals surface area contributed by atoms with E-state index in [2.05, 4.69) is 73.4 Å². The van der Waals surface area contributed by atoms with Crippen LogP contribution in [0.2, 0.25) is 0 Å². The minimum atomic E-state index is -0.445. The Bertz CT molecular complexity index is 2810. The number of hydrogen-bond donors (Lipinski definition) is 6. The normalized spacial score (nSPS) is 11.3. The highest BCUT2D eigenvalue weighted by molar-refractivity contribution is 6.08. The monoisotopic (exact) mass is 1640 g/mol. The van der Waals surface area contributed by atoms with Crippen LogP contribution in [0.4, 0.5) is 21.0 Å². The van der Waals surface area contributed by atoms with E-state index in [0.717, 1.165) is 87.8 Å². The zero-order valence-corrected chi connectivity index (χ0v) is 76.4. The maximum Gasteiger partial charge on any atom is 0.319 e. The van der Waals surface area contributed by atoms with E-state index in [-0.39, 0.29) is 38.0 Å². The van der Waals surface area contributed by atoms with Crippen molar-refractivity contribution in [2.24, 2.45) is 0 Å². The van der Waals surface area contributed by atoms with E-state index in [0.29, 0.717) is 96.6 Å². The molecular weight excluding hydrogens is 1470 g/mol. The van der Waals surface area contributed by atoms with Crippen LogP contribution in [0.25, 0.3) is 10.8 Å². The van der Waals surface area contributed by atoms with Crippen LogP contribution in [0.15, 0.2) is 60.7 Å². The number of urea groups is 2. The molecule has 0 bridgehead atoms. The highest BCUT2D eigenvalue weighted by Crippen LogP contribution is 2.42. The number of anilines is 2. The molecule has 0 saturated carbocycles. The number of unbranched alkanes of at least 4 members (excludes halogenated alkanes) is 54. The van der Waals surface area contributed by atoms with Gasteiger partial charge in [0.2, 0.25) is 11.5 Å². The van der Waals surface area contributed by atoms with Crippen LogP contribution in [0, 0.1) is 0 Å². The standard InChI is InChI=1S/C102H174N6O10/c1-7-13-19-25-31-37-43-49-55-61-77-113-93-83-87(84-94(114-78-62-56-50-44-38-32-26-20-14-8-2)97(93)117-81-65-59-53-47-41-35-29-23-17-11-5)99(109)103-73-75-105-101(111)107-91-71-67-70-90-89(91)69-68-72-92(90)108-102(112)106-76-74-104-100(110)88-85-95(115-79-63-57-51-45-39-33-27-21-15-9-3)98(118-82-66-60-54-48-42-36-30-24-18-12-6)96(86-88)116-80-64-58-52-46-40-34-28-22-16-10-4/h67-72,83-86H,7-66,73-82H2,1-6H3,(H,103,109)(H,104,110)(H2,105,107,111)(H2,106,108,112). The summed E-state index contributed by atoms with van der Waals surface area (Å²) in [6.07, 6.45) is 73.7. The Kier molecular flexibility index (Phi) is 65.3. The number of benzene rings is 4. The third-order valence-corrected chi connectivity index (χ3v) is 22.9. The van der Waals surface area contributed by atoms with Gasteiger partial charge in [0, 0.05) is 48.1 Å². The fraction of sp³-hybridized carbons (Fsp3) is 0.745. The van der Waals surface area contributed by atoms with Gasteiger partial charge >= 0.3 is 12.1 Å². The summed E-state index contributed by atoms with van der Waals surface area (Å²) in [7, 11) is 0. The molecule has 0 unspecified atom stereocenters. The van der Waals surface area contributed by atoms with Gasteiger partial charge in [0.25, 0.3) is 11.8 Å². The molecule has 0 aromatic heterocycles. The number of rotatable bonds is 82. The SMILES string of the molecule is CCCCCCCCCCCCOc1cc(C(=O)NCCNC(=O)Nc2cccc3c(NC(=O)NCCNC(=O)c4cc(OCCCCCCCCCCCC)c(OCCCCCCCCCCCC)c(OCCCCCCCCCCCC)c4)cccc23)cc(OCCCCCCCCCCCC)c1OCCCCCCCCCCCC. The number of ether oxygens (including phenoxy) is 6. The van der Waals surface area contributed by atoms with Crippen LogP contribution >= 0.6 is 0 Å². The summed E-state index contributed by atoms with van der Waals surface area (Å²) >= 11 is 0. The van der Waals surface area contributed by atoms with Crippen molar-refractivity contribution in [3.05, 3.63) is 71.8 Å². The molecule has 0 spiro atoms. The maximum atomic E-state index is 14.2. The van der Waals surface area contributed by atoms with Gasteiger partial charge in [0.15, 0.2) is 23.0 Å². The topological polar surface area (TPSA) is 196 Å². The fourth-order valence-corrected chi connectivity index (χ4v) is 15.5. The Hall–Kier alpha value is -6.58. The van der Waals surface area contributed by atoms with Crippen LogP contribution in [-0.2, 0) is 0 Å². The molecule has 6 amide bonds. The quantitative estimate of drug-likeness (QED) is 0.0232. The molecule has 0 radical (unpaired) electrons. The molecule has 4 rings (SSSR count). The molecule has 16 heteroatoms. The molecule has 118 heavy (non-hydrogen) atoms. The average Bonchev–Trinajstić information content (AvgIpc) is 0.819. The summed E-state index contributed by atoms with van der Waals surface area (Å²) in [5, 5.41) is 19.3. The lowest BCUT2D eigenvalue weighted by Crippen LogP contribution is -2.37. The lowest BCUT2D eigenvalue weighted by molar-refractivity contribution is 0.0945. The van der Waals surface area contributed by atoms with E-state index >= 15 is 0 Å². The lowest BCUT2D eigenvalue weighted by Gasteiger charge is -2.19. The van der Waals surface area contributed by atoms with Crippen molar-refractivity contribution < 1.29 is 47.6 Å². The van der Waals surface area contributed by atoms with Crippen molar-refractivity contribution >= 4 is 46.0 Å². The summed E-state index contributed by atoms with van der Waals surface area (Å²) in [5.41, 5.74) is 1.91. The summed E-state index contributed by atoms with van der Waals surface area (Å²) in [6.45, 7) is 17.4. The van der Waals surface area contributed by atoms with Crippen LogP contribution in [0.3, 0.4) is 0 Å². The molecule has 0 heterocycles. The second-order valence-electron chi connectivity index (χ2n) is 33.8. The fourth-order valence-electron chi connectivity index (χ4n) is 15.5. The molecule has 0 fully saturated rings. The highest BCUT2D eigenvalue weighted by Gasteiger charge is 2.23. The zero-order chi connectivity index (χ0) is 84.3. The van der Waals surface area contributed by atoms with E-state index in [4.69, 9.17) is 28.4 Å². The van der Waals surface area contributed by atoms with E-state index in [1.54, 1.807) is 24.3 Å². The Morgan fingerprint density at radius 2 is 0.415 bits per heavy atom. The number of nitrogens with one attached hydrogen (secondary N) is 6. The number of carbonyl (C=O) groups is 4. The predicted octanol–water partition coefficient (Wildman–Crippen LogP) is 29.7. The average molecular weight is 1640 g/mol. The molecule has 0 atom stereocenters. The van der Waals surface area contributed by atoms with Gasteiger partial charge in [-0.05, 0) is 74.9 Å². The van der Waals surface area contributed by atoms with Gasteiger partial charge in [-0.3, -0.25) is 9.59 Å². The Morgan fingerprint density at radius 3 is 0.627 bits per heavy atom. The van der Waals surface area contributed by atoms with Crippen molar-refractivity contribution in [1.82, 2.24) is 21.3 Å². The third kappa shape index (κ3) is 51.9. The van der Waals surface area contributed by atoms with Crippen LogP contribution in [-0.4, -0.2) is 89.7 Å². The van der Waals surface area contributed by atoms with Crippen molar-refractivity contribution in [1.29, 1.82) is 0 Å². The van der Waals surface area contributed by atoms with Crippen molar-refractivity contribution in [3.63, 3.8) is 0 Å². The van der Waals surface area contributed by atoms with Gasteiger partial charge in [-0.1, -0.05) is 413 Å². The Labute approximate surface area is 720 Å². The molecule has 6 N–H and O–H groups in total. The molecule has 4 aromatic carbocycles. The molecule has 16 nitrogen and oxygen atoms in total. The Balaban J connectivity index is 1.40. The number of hydrogen-bond acceptors (Lipinski definition) is 10. The number of amides is 6. The number of fused-ring (bicyclic) bond motifs is 1. The minimum Gasteiger partial charge on any atom is -0.490 e. The Morgan fingerprint density at radius 1 is 0.229 bits per heavy atom. The van der Waals surface area contributed by atoms with Crippen molar-refractivity contribution in [3.8, 4) is 34.5 Å². The van der Waals surface area contributed by atoms with E-state index in [9.17, 15) is 19.2 Å². The largest absolute Gasteiger partial charge is 0.490 e.